The average molecular weight is 212 g/mol. The SMILES string of the molecule is CCC1CCC(NC(=O)C(=O)NC)CC1. The summed E-state index contributed by atoms with van der Waals surface area (Å²) in [5, 5.41) is 5.09. The number of nitrogens with one attached hydrogen (secondary N) is 2. The highest BCUT2D eigenvalue weighted by atomic mass is 16.2. The van der Waals surface area contributed by atoms with Crippen LogP contribution in [0, 0.1) is 5.92 Å². The number of rotatable bonds is 2. The van der Waals surface area contributed by atoms with Crippen molar-refractivity contribution in [2.24, 2.45) is 5.92 Å². The third-order valence-corrected chi connectivity index (χ3v) is 3.19. The van der Waals surface area contributed by atoms with Gasteiger partial charge >= 0.3 is 11.8 Å². The Morgan fingerprint density at radius 2 is 1.73 bits per heavy atom. The largest absolute Gasteiger partial charge is 0.351 e. The van der Waals surface area contributed by atoms with Crippen molar-refractivity contribution in [1.29, 1.82) is 0 Å². The fourth-order valence-corrected chi connectivity index (χ4v) is 2.08. The van der Waals surface area contributed by atoms with Crippen molar-refractivity contribution >= 4 is 11.8 Å². The van der Waals surface area contributed by atoms with Crippen LogP contribution in [0.5, 0.6) is 0 Å². The van der Waals surface area contributed by atoms with Crippen LogP contribution in [0.1, 0.15) is 39.0 Å². The Labute approximate surface area is 90.8 Å². The van der Waals surface area contributed by atoms with Gasteiger partial charge in [-0.15, -0.1) is 0 Å². The molecule has 2 N–H and O–H groups in total. The van der Waals surface area contributed by atoms with Crippen LogP contribution in [0.2, 0.25) is 0 Å². The lowest BCUT2D eigenvalue weighted by Gasteiger charge is -2.28. The third-order valence-electron chi connectivity index (χ3n) is 3.19. The fraction of sp³-hybridized carbons (Fsp3) is 0.818. The van der Waals surface area contributed by atoms with Crippen molar-refractivity contribution in [3.8, 4) is 0 Å². The first-order chi connectivity index (χ1) is 7.17. The zero-order chi connectivity index (χ0) is 11.3. The Bertz CT molecular complexity index is 233. The van der Waals surface area contributed by atoms with Crippen LogP contribution in [-0.4, -0.2) is 24.9 Å². The molecule has 0 saturated heterocycles. The summed E-state index contributed by atoms with van der Waals surface area (Å²) in [5.41, 5.74) is 0. The molecule has 0 heterocycles. The minimum absolute atomic E-state index is 0.192. The van der Waals surface area contributed by atoms with Gasteiger partial charge in [-0.25, -0.2) is 0 Å². The molecule has 1 aliphatic rings. The molecule has 0 aromatic heterocycles. The Hall–Kier alpha value is -1.06. The van der Waals surface area contributed by atoms with Crippen LogP contribution < -0.4 is 10.6 Å². The Morgan fingerprint density at radius 3 is 2.20 bits per heavy atom. The van der Waals surface area contributed by atoms with Crippen LogP contribution in [0.3, 0.4) is 0 Å². The topological polar surface area (TPSA) is 58.2 Å². The minimum Gasteiger partial charge on any atom is -0.351 e. The van der Waals surface area contributed by atoms with Crippen LogP contribution in [-0.2, 0) is 9.59 Å². The second-order valence-electron chi connectivity index (χ2n) is 4.18. The van der Waals surface area contributed by atoms with E-state index in [4.69, 9.17) is 0 Å². The lowest BCUT2D eigenvalue weighted by Crippen LogP contribution is -2.44. The smallest absolute Gasteiger partial charge is 0.309 e. The van der Waals surface area contributed by atoms with E-state index in [-0.39, 0.29) is 6.04 Å². The van der Waals surface area contributed by atoms with Crippen molar-refractivity contribution in [2.75, 3.05) is 7.05 Å². The van der Waals surface area contributed by atoms with E-state index in [1.54, 1.807) is 0 Å². The molecule has 0 bridgehead atoms. The number of amides is 2. The van der Waals surface area contributed by atoms with Gasteiger partial charge in [0.15, 0.2) is 0 Å². The molecule has 0 aromatic rings. The van der Waals surface area contributed by atoms with Gasteiger partial charge in [0.1, 0.15) is 0 Å². The minimum atomic E-state index is -0.549. The average Bonchev–Trinajstić information content (AvgIpc) is 2.29. The van der Waals surface area contributed by atoms with Gasteiger partial charge < -0.3 is 10.6 Å². The van der Waals surface area contributed by atoms with Gasteiger partial charge in [0, 0.05) is 13.1 Å². The van der Waals surface area contributed by atoms with E-state index in [1.165, 1.54) is 13.5 Å². The maximum atomic E-state index is 11.3. The summed E-state index contributed by atoms with van der Waals surface area (Å²) >= 11 is 0. The molecule has 0 unspecified atom stereocenters. The summed E-state index contributed by atoms with van der Waals surface area (Å²) in [6, 6.07) is 0.192. The standard InChI is InChI=1S/C11H20N2O2/c1-3-8-4-6-9(7-5-8)13-11(15)10(14)12-2/h8-9H,3-7H2,1-2H3,(H,12,14)(H,13,15). The summed E-state index contributed by atoms with van der Waals surface area (Å²) in [5.74, 6) is -0.247. The summed E-state index contributed by atoms with van der Waals surface area (Å²) in [4.78, 5) is 22.3. The summed E-state index contributed by atoms with van der Waals surface area (Å²) in [6.45, 7) is 2.20. The van der Waals surface area contributed by atoms with E-state index in [2.05, 4.69) is 17.6 Å². The Morgan fingerprint density at radius 1 is 1.13 bits per heavy atom. The first-order valence-corrected chi connectivity index (χ1v) is 5.70. The molecule has 4 heteroatoms. The highest BCUT2D eigenvalue weighted by molar-refractivity contribution is 6.35. The quantitative estimate of drug-likeness (QED) is 0.666. The molecular weight excluding hydrogens is 192 g/mol. The highest BCUT2D eigenvalue weighted by Crippen LogP contribution is 2.26. The van der Waals surface area contributed by atoms with Crippen molar-refractivity contribution in [1.82, 2.24) is 10.6 Å². The van der Waals surface area contributed by atoms with Crippen molar-refractivity contribution in [2.45, 2.75) is 45.1 Å². The van der Waals surface area contributed by atoms with Crippen LogP contribution in [0.4, 0.5) is 0 Å². The van der Waals surface area contributed by atoms with E-state index in [0.29, 0.717) is 0 Å². The van der Waals surface area contributed by atoms with Gasteiger partial charge in [0.2, 0.25) is 0 Å². The molecule has 1 rings (SSSR count). The van der Waals surface area contributed by atoms with Crippen molar-refractivity contribution in [3.63, 3.8) is 0 Å². The van der Waals surface area contributed by atoms with E-state index < -0.39 is 11.8 Å². The normalized spacial score (nSPS) is 25.7. The molecule has 0 radical (unpaired) electrons. The van der Waals surface area contributed by atoms with Gasteiger partial charge in [-0.3, -0.25) is 9.59 Å². The van der Waals surface area contributed by atoms with Crippen LogP contribution in [0.25, 0.3) is 0 Å². The molecule has 1 aliphatic carbocycles. The van der Waals surface area contributed by atoms with Crippen molar-refractivity contribution < 1.29 is 9.59 Å². The third kappa shape index (κ3) is 3.53. The molecule has 1 fully saturated rings. The number of carbonyl (C=O) groups is 2. The fourth-order valence-electron chi connectivity index (χ4n) is 2.08. The number of carbonyl (C=O) groups excluding carboxylic acids is 2. The maximum absolute atomic E-state index is 11.3. The Balaban J connectivity index is 2.29. The molecule has 15 heavy (non-hydrogen) atoms. The zero-order valence-electron chi connectivity index (χ0n) is 9.51. The summed E-state index contributed by atoms with van der Waals surface area (Å²) in [7, 11) is 1.47. The van der Waals surface area contributed by atoms with Crippen LogP contribution in [0.15, 0.2) is 0 Å². The predicted molar refractivity (Wildman–Crippen MR) is 58.2 cm³/mol. The van der Waals surface area contributed by atoms with Gasteiger partial charge in [-0.2, -0.15) is 0 Å². The monoisotopic (exact) mass is 212 g/mol. The number of hydrogen-bond acceptors (Lipinski definition) is 2. The second kappa shape index (κ2) is 5.73. The summed E-state index contributed by atoms with van der Waals surface area (Å²) < 4.78 is 0. The lowest BCUT2D eigenvalue weighted by molar-refractivity contribution is -0.139. The lowest BCUT2D eigenvalue weighted by atomic mass is 9.84. The second-order valence-corrected chi connectivity index (χ2v) is 4.18. The molecule has 0 spiro atoms. The molecule has 86 valence electrons. The van der Waals surface area contributed by atoms with E-state index >= 15 is 0 Å². The number of likely N-dealkylation sites (N-methyl/N-ethyl adjacent to an activating group) is 1. The van der Waals surface area contributed by atoms with Gasteiger partial charge in [0.05, 0.1) is 0 Å². The summed E-state index contributed by atoms with van der Waals surface area (Å²) in [6.07, 6.45) is 5.54. The zero-order valence-corrected chi connectivity index (χ0v) is 9.51. The van der Waals surface area contributed by atoms with E-state index in [0.717, 1.165) is 31.6 Å². The van der Waals surface area contributed by atoms with Gasteiger partial charge in [-0.05, 0) is 31.6 Å². The number of hydrogen-bond donors (Lipinski definition) is 2. The predicted octanol–water partition coefficient (Wildman–Crippen LogP) is 0.817. The first-order valence-electron chi connectivity index (χ1n) is 5.70. The van der Waals surface area contributed by atoms with Crippen LogP contribution >= 0.6 is 0 Å². The first kappa shape index (κ1) is 12.0. The maximum Gasteiger partial charge on any atom is 0.309 e. The molecule has 2 amide bonds. The van der Waals surface area contributed by atoms with E-state index in [1.807, 2.05) is 0 Å². The van der Waals surface area contributed by atoms with Gasteiger partial charge in [0.25, 0.3) is 0 Å². The highest BCUT2D eigenvalue weighted by Gasteiger charge is 2.23. The molecule has 1 saturated carbocycles. The molecular formula is C11H20N2O2. The molecule has 0 atom stereocenters. The van der Waals surface area contributed by atoms with Crippen molar-refractivity contribution in [3.05, 3.63) is 0 Å². The molecule has 4 nitrogen and oxygen atoms in total. The van der Waals surface area contributed by atoms with Gasteiger partial charge in [-0.1, -0.05) is 13.3 Å². The Kier molecular flexibility index (Phi) is 4.59. The molecule has 0 aromatic carbocycles. The van der Waals surface area contributed by atoms with E-state index in [9.17, 15) is 9.59 Å². The molecule has 0 aliphatic heterocycles.